The van der Waals surface area contributed by atoms with Gasteiger partial charge in [0.2, 0.25) is 0 Å². The Morgan fingerprint density at radius 1 is 1.00 bits per heavy atom. The average Bonchev–Trinajstić information content (AvgIpc) is 2.39. The third-order valence-corrected chi connectivity index (χ3v) is 3.60. The van der Waals surface area contributed by atoms with E-state index in [1.807, 2.05) is 32.0 Å². The fraction of sp³-hybridized carbons (Fsp3) is 0.125. The first kappa shape index (κ1) is 13.0. The number of hydrogen-bond acceptors (Lipinski definition) is 2. The molecular weight excluding hydrogens is 275 g/mol. The van der Waals surface area contributed by atoms with Crippen molar-refractivity contribution in [2.75, 3.05) is 0 Å². The van der Waals surface area contributed by atoms with Crippen LogP contribution in [0.2, 0.25) is 5.15 Å². The number of fused-ring (bicyclic) bond motifs is 1. The molecule has 4 heteroatoms. The van der Waals surface area contributed by atoms with E-state index >= 15 is 0 Å². The van der Waals surface area contributed by atoms with E-state index in [9.17, 15) is 4.39 Å². The molecule has 0 bridgehead atoms. The number of hydrogen-bond donors (Lipinski definition) is 0. The molecule has 0 saturated heterocycles. The first-order valence-corrected chi connectivity index (χ1v) is 6.63. The van der Waals surface area contributed by atoms with Gasteiger partial charge in [-0.05, 0) is 43.2 Å². The lowest BCUT2D eigenvalue weighted by Gasteiger charge is -2.10. The maximum Gasteiger partial charge on any atom is 0.162 e. The molecule has 0 aliphatic carbocycles. The fourth-order valence-electron chi connectivity index (χ4n) is 2.34. The van der Waals surface area contributed by atoms with Crippen LogP contribution in [-0.4, -0.2) is 9.97 Å². The van der Waals surface area contributed by atoms with Gasteiger partial charge in [-0.2, -0.15) is 0 Å². The van der Waals surface area contributed by atoms with Gasteiger partial charge in [0.05, 0.1) is 5.52 Å². The van der Waals surface area contributed by atoms with E-state index in [0.717, 1.165) is 16.7 Å². The molecule has 2 nitrogen and oxygen atoms in total. The highest BCUT2D eigenvalue weighted by Crippen LogP contribution is 2.29. The van der Waals surface area contributed by atoms with Crippen molar-refractivity contribution >= 4 is 22.5 Å². The summed E-state index contributed by atoms with van der Waals surface area (Å²) in [5.74, 6) is 0.229. The van der Waals surface area contributed by atoms with Crippen LogP contribution in [0.5, 0.6) is 0 Å². The summed E-state index contributed by atoms with van der Waals surface area (Å²) in [5, 5.41) is 0.800. The van der Waals surface area contributed by atoms with Crippen molar-refractivity contribution < 1.29 is 4.39 Å². The molecule has 0 spiro atoms. The zero-order valence-electron chi connectivity index (χ0n) is 11.1. The zero-order chi connectivity index (χ0) is 14.3. The molecule has 0 radical (unpaired) electrons. The Hall–Kier alpha value is -2.00. The molecule has 2 aromatic carbocycles. The van der Waals surface area contributed by atoms with Gasteiger partial charge in [-0.3, -0.25) is 0 Å². The van der Waals surface area contributed by atoms with E-state index in [-0.39, 0.29) is 11.0 Å². The van der Waals surface area contributed by atoms with Crippen molar-refractivity contribution in [3.05, 3.63) is 58.5 Å². The van der Waals surface area contributed by atoms with E-state index in [1.54, 1.807) is 6.07 Å². The van der Waals surface area contributed by atoms with Crippen LogP contribution < -0.4 is 0 Å². The van der Waals surface area contributed by atoms with Crippen LogP contribution in [0.3, 0.4) is 0 Å². The minimum atomic E-state index is -0.345. The molecule has 0 N–H and O–H groups in total. The number of halogens is 2. The molecule has 0 aliphatic heterocycles. The fourth-order valence-corrected chi connectivity index (χ4v) is 2.57. The summed E-state index contributed by atoms with van der Waals surface area (Å²) in [7, 11) is 0. The molecule has 3 rings (SSSR count). The van der Waals surface area contributed by atoms with Crippen LogP contribution in [0.15, 0.2) is 36.4 Å². The molecular formula is C16H12ClFN2. The zero-order valence-corrected chi connectivity index (χ0v) is 11.9. The average molecular weight is 287 g/mol. The van der Waals surface area contributed by atoms with E-state index in [0.29, 0.717) is 16.7 Å². The second kappa shape index (κ2) is 4.84. The van der Waals surface area contributed by atoms with Crippen molar-refractivity contribution in [1.29, 1.82) is 0 Å². The molecule has 100 valence electrons. The van der Waals surface area contributed by atoms with Crippen LogP contribution >= 0.6 is 11.6 Å². The minimum absolute atomic E-state index is 0.271. The van der Waals surface area contributed by atoms with Crippen LogP contribution in [0, 0.1) is 19.7 Å². The smallest absolute Gasteiger partial charge is 0.162 e. The van der Waals surface area contributed by atoms with E-state index in [2.05, 4.69) is 9.97 Å². The third-order valence-electron chi connectivity index (χ3n) is 3.32. The van der Waals surface area contributed by atoms with Gasteiger partial charge in [-0.1, -0.05) is 29.8 Å². The second-order valence-corrected chi connectivity index (χ2v) is 5.12. The molecule has 0 fully saturated rings. The lowest BCUT2D eigenvalue weighted by molar-refractivity contribution is 0.629. The van der Waals surface area contributed by atoms with Crippen LogP contribution in [-0.2, 0) is 0 Å². The summed E-state index contributed by atoms with van der Waals surface area (Å²) < 4.78 is 13.3. The Labute approximate surface area is 121 Å². The van der Waals surface area contributed by atoms with Gasteiger partial charge in [-0.25, -0.2) is 14.4 Å². The molecule has 1 heterocycles. The predicted octanol–water partition coefficient (Wildman–Crippen LogP) is 4.71. The minimum Gasteiger partial charge on any atom is -0.228 e. The number of rotatable bonds is 1. The summed E-state index contributed by atoms with van der Waals surface area (Å²) >= 11 is 6.17. The Bertz CT molecular complexity index is 795. The van der Waals surface area contributed by atoms with Gasteiger partial charge in [-0.15, -0.1) is 0 Å². The normalized spacial score (nSPS) is 11.0. The summed E-state index contributed by atoms with van der Waals surface area (Å²) in [6, 6.07) is 10.4. The SMILES string of the molecule is Cc1cccc(C)c1-c1nc(Cl)c2cc(F)ccc2n1. The van der Waals surface area contributed by atoms with Crippen LogP contribution in [0.4, 0.5) is 4.39 Å². The largest absolute Gasteiger partial charge is 0.228 e. The van der Waals surface area contributed by atoms with Crippen molar-refractivity contribution in [2.45, 2.75) is 13.8 Å². The highest BCUT2D eigenvalue weighted by molar-refractivity contribution is 6.34. The molecule has 0 saturated carbocycles. The van der Waals surface area contributed by atoms with E-state index in [4.69, 9.17) is 11.6 Å². The topological polar surface area (TPSA) is 25.8 Å². The van der Waals surface area contributed by atoms with Gasteiger partial charge in [0.1, 0.15) is 11.0 Å². The Balaban J connectivity index is 2.31. The Morgan fingerprint density at radius 2 is 1.70 bits per heavy atom. The van der Waals surface area contributed by atoms with Crippen molar-refractivity contribution in [3.8, 4) is 11.4 Å². The highest BCUT2D eigenvalue weighted by atomic mass is 35.5. The first-order valence-electron chi connectivity index (χ1n) is 6.25. The monoisotopic (exact) mass is 286 g/mol. The maximum absolute atomic E-state index is 13.3. The molecule has 0 aliphatic rings. The molecule has 0 unspecified atom stereocenters. The summed E-state index contributed by atoms with van der Waals surface area (Å²) in [6.07, 6.45) is 0. The second-order valence-electron chi connectivity index (χ2n) is 4.77. The molecule has 1 aromatic heterocycles. The molecule has 0 atom stereocenters. The quantitative estimate of drug-likeness (QED) is 0.606. The highest BCUT2D eigenvalue weighted by Gasteiger charge is 2.12. The first-order chi connectivity index (χ1) is 9.56. The molecule has 3 aromatic rings. The van der Waals surface area contributed by atoms with Crippen molar-refractivity contribution in [2.24, 2.45) is 0 Å². The van der Waals surface area contributed by atoms with E-state index < -0.39 is 0 Å². The number of benzene rings is 2. The van der Waals surface area contributed by atoms with Crippen molar-refractivity contribution in [3.63, 3.8) is 0 Å². The van der Waals surface area contributed by atoms with E-state index in [1.165, 1.54) is 12.1 Å². The van der Waals surface area contributed by atoms with Gasteiger partial charge >= 0.3 is 0 Å². The maximum atomic E-state index is 13.3. The molecule has 0 amide bonds. The van der Waals surface area contributed by atoms with Crippen LogP contribution in [0.25, 0.3) is 22.3 Å². The Kier molecular flexibility index (Phi) is 3.14. The lowest BCUT2D eigenvalue weighted by atomic mass is 10.0. The Morgan fingerprint density at radius 3 is 2.40 bits per heavy atom. The third kappa shape index (κ3) is 2.14. The lowest BCUT2D eigenvalue weighted by Crippen LogP contribution is -1.96. The number of aromatic nitrogens is 2. The number of aryl methyl sites for hydroxylation is 2. The van der Waals surface area contributed by atoms with Gasteiger partial charge < -0.3 is 0 Å². The standard InChI is InChI=1S/C16H12ClFN2/c1-9-4-3-5-10(2)14(9)16-19-13-7-6-11(18)8-12(13)15(17)20-16/h3-8H,1-2H3. The van der Waals surface area contributed by atoms with Gasteiger partial charge in [0.25, 0.3) is 0 Å². The summed E-state index contributed by atoms with van der Waals surface area (Å²) in [4.78, 5) is 8.83. The summed E-state index contributed by atoms with van der Waals surface area (Å²) in [6.45, 7) is 4.02. The predicted molar refractivity (Wildman–Crippen MR) is 79.4 cm³/mol. The summed E-state index contributed by atoms with van der Waals surface area (Å²) in [5.41, 5.74) is 3.79. The number of nitrogens with zero attached hydrogens (tertiary/aromatic N) is 2. The van der Waals surface area contributed by atoms with Gasteiger partial charge in [0, 0.05) is 10.9 Å². The molecule has 20 heavy (non-hydrogen) atoms. The van der Waals surface area contributed by atoms with Crippen LogP contribution in [0.1, 0.15) is 11.1 Å². The van der Waals surface area contributed by atoms with Crippen molar-refractivity contribution in [1.82, 2.24) is 9.97 Å². The van der Waals surface area contributed by atoms with Gasteiger partial charge in [0.15, 0.2) is 5.82 Å².